The van der Waals surface area contributed by atoms with Gasteiger partial charge in [-0.05, 0) is 13.8 Å². The van der Waals surface area contributed by atoms with E-state index in [1.54, 1.807) is 5.54 Å². The Bertz CT molecular complexity index is 45.5. The van der Waals surface area contributed by atoms with E-state index in [1.165, 1.54) is 0 Å². The first-order valence-electron chi connectivity index (χ1n) is 1.51. The number of hydrogen-bond acceptors (Lipinski definition) is 1. The molecule has 0 radical (unpaired) electrons. The molecule has 6 heavy (non-hydrogen) atoms. The van der Waals surface area contributed by atoms with Crippen molar-refractivity contribution in [3.8, 4) is 0 Å². The average molecular weight is 108 g/mol. The van der Waals surface area contributed by atoms with Crippen LogP contribution in [0.3, 0.4) is 0 Å². The minimum Gasteiger partial charge on any atom is -0.344 e. The van der Waals surface area contributed by atoms with Gasteiger partial charge in [0.1, 0.15) is 0 Å². The zero-order valence-corrected chi connectivity index (χ0v) is 4.92. The van der Waals surface area contributed by atoms with Gasteiger partial charge in [0.05, 0.1) is 0 Å². The maximum atomic E-state index is 5.17. The van der Waals surface area contributed by atoms with Crippen molar-refractivity contribution in [1.29, 1.82) is 0 Å². The summed E-state index contributed by atoms with van der Waals surface area (Å²) in [6.07, 6.45) is 0. The van der Waals surface area contributed by atoms with E-state index in [1.807, 2.05) is 13.8 Å². The van der Waals surface area contributed by atoms with E-state index in [4.69, 9.17) is 11.6 Å². The maximum Gasteiger partial charge on any atom is 0.00288 e. The molecule has 0 unspecified atom stereocenters. The minimum absolute atomic E-state index is 0. The normalized spacial score (nSPS) is 5.83. The van der Waals surface area contributed by atoms with Gasteiger partial charge in [0.15, 0.2) is 0 Å². The molecular formula is C4H10ClN. The van der Waals surface area contributed by atoms with Gasteiger partial charge in [-0.1, -0.05) is 17.2 Å². The molecule has 0 fully saturated rings. The zero-order chi connectivity index (χ0) is 4.28. The van der Waals surface area contributed by atoms with Crippen LogP contribution in [0.5, 0.6) is 0 Å². The van der Waals surface area contributed by atoms with Crippen LogP contribution in [0.4, 0.5) is 0 Å². The molecular weight excluding hydrogens is 97.5 g/mol. The maximum absolute atomic E-state index is 5.17. The number of halogens is 1. The van der Waals surface area contributed by atoms with Crippen molar-refractivity contribution < 1.29 is 0 Å². The minimum atomic E-state index is 0. The van der Waals surface area contributed by atoms with Gasteiger partial charge in [0.25, 0.3) is 0 Å². The van der Waals surface area contributed by atoms with Gasteiger partial charge in [-0.25, -0.2) is 0 Å². The molecule has 0 rings (SSSR count). The van der Waals surface area contributed by atoms with E-state index < -0.39 is 0 Å². The standard InChI is InChI=1S/C4H7Cl.H3N/c1-4(2)3-5;/h3H,1-2H3;1H3. The Morgan fingerprint density at radius 2 is 1.67 bits per heavy atom. The molecule has 0 aromatic rings. The van der Waals surface area contributed by atoms with Crippen LogP contribution in [0, 0.1) is 0 Å². The lowest BCUT2D eigenvalue weighted by molar-refractivity contribution is 1.41. The quantitative estimate of drug-likeness (QED) is 0.507. The number of rotatable bonds is 0. The first kappa shape index (κ1) is 9.37. The van der Waals surface area contributed by atoms with Gasteiger partial charge < -0.3 is 6.15 Å². The molecule has 0 bridgehead atoms. The fraction of sp³-hybridized carbons (Fsp3) is 0.500. The van der Waals surface area contributed by atoms with Crippen LogP contribution in [-0.2, 0) is 0 Å². The third kappa shape index (κ3) is 9.01. The molecule has 0 spiro atoms. The van der Waals surface area contributed by atoms with E-state index in [9.17, 15) is 0 Å². The average Bonchev–Trinajstić information content (AvgIpc) is 1.38. The van der Waals surface area contributed by atoms with Crippen LogP contribution in [-0.4, -0.2) is 0 Å². The van der Waals surface area contributed by atoms with E-state index >= 15 is 0 Å². The Hall–Kier alpha value is -0.0100. The van der Waals surface area contributed by atoms with Crippen LogP contribution in [0.15, 0.2) is 11.1 Å². The van der Waals surface area contributed by atoms with E-state index in [0.717, 1.165) is 5.57 Å². The molecule has 0 aromatic carbocycles. The van der Waals surface area contributed by atoms with Crippen molar-refractivity contribution in [3.63, 3.8) is 0 Å². The van der Waals surface area contributed by atoms with Gasteiger partial charge in [-0.3, -0.25) is 0 Å². The second kappa shape index (κ2) is 4.99. The Kier molecular flexibility index (Phi) is 7.79. The lowest BCUT2D eigenvalue weighted by Crippen LogP contribution is -1.49. The van der Waals surface area contributed by atoms with E-state index in [-0.39, 0.29) is 6.15 Å². The van der Waals surface area contributed by atoms with Crippen molar-refractivity contribution >= 4 is 11.6 Å². The van der Waals surface area contributed by atoms with Crippen LogP contribution < -0.4 is 6.15 Å². The van der Waals surface area contributed by atoms with Crippen molar-refractivity contribution in [2.45, 2.75) is 13.8 Å². The molecule has 0 saturated heterocycles. The van der Waals surface area contributed by atoms with Gasteiger partial charge in [0, 0.05) is 5.54 Å². The van der Waals surface area contributed by atoms with Gasteiger partial charge in [0.2, 0.25) is 0 Å². The van der Waals surface area contributed by atoms with Gasteiger partial charge in [-0.2, -0.15) is 0 Å². The first-order chi connectivity index (χ1) is 2.27. The molecule has 0 atom stereocenters. The summed E-state index contributed by atoms with van der Waals surface area (Å²) in [5.41, 5.74) is 2.70. The summed E-state index contributed by atoms with van der Waals surface area (Å²) < 4.78 is 0. The second-order valence-electron chi connectivity index (χ2n) is 1.19. The molecule has 0 aromatic heterocycles. The molecule has 0 aliphatic carbocycles. The Balaban J connectivity index is 0. The molecule has 1 nitrogen and oxygen atoms in total. The lowest BCUT2D eigenvalue weighted by Gasteiger charge is -1.71. The Labute approximate surface area is 43.6 Å². The third-order valence-corrected chi connectivity index (χ3v) is 0.655. The van der Waals surface area contributed by atoms with Crippen LogP contribution in [0.2, 0.25) is 0 Å². The summed E-state index contributed by atoms with van der Waals surface area (Å²) in [5, 5.41) is 0. The lowest BCUT2D eigenvalue weighted by atomic mass is 10.4. The van der Waals surface area contributed by atoms with E-state index in [2.05, 4.69) is 0 Å². The van der Waals surface area contributed by atoms with Crippen molar-refractivity contribution in [1.82, 2.24) is 6.15 Å². The van der Waals surface area contributed by atoms with Crippen LogP contribution in [0.1, 0.15) is 13.8 Å². The molecule has 2 heteroatoms. The molecule has 0 aliphatic rings. The van der Waals surface area contributed by atoms with Crippen molar-refractivity contribution in [2.75, 3.05) is 0 Å². The third-order valence-electron chi connectivity index (χ3n) is 0.218. The smallest absolute Gasteiger partial charge is 0.00288 e. The molecule has 0 saturated carbocycles. The Morgan fingerprint density at radius 1 is 1.50 bits per heavy atom. The monoisotopic (exact) mass is 107 g/mol. The number of allylic oxidation sites excluding steroid dienone is 1. The molecule has 38 valence electrons. The summed E-state index contributed by atoms with van der Waals surface area (Å²) in [6, 6.07) is 0. The highest BCUT2D eigenvalue weighted by molar-refractivity contribution is 6.25. The summed E-state index contributed by atoms with van der Waals surface area (Å²) in [7, 11) is 0. The van der Waals surface area contributed by atoms with Gasteiger partial charge in [-0.15, -0.1) is 0 Å². The number of hydrogen-bond donors (Lipinski definition) is 1. The molecule has 0 amide bonds. The highest BCUT2D eigenvalue weighted by atomic mass is 35.5. The fourth-order valence-corrected chi connectivity index (χ4v) is 0. The zero-order valence-electron chi connectivity index (χ0n) is 4.16. The van der Waals surface area contributed by atoms with Crippen molar-refractivity contribution in [2.24, 2.45) is 0 Å². The highest BCUT2D eigenvalue weighted by Gasteiger charge is 1.62. The largest absolute Gasteiger partial charge is 0.344 e. The summed E-state index contributed by atoms with van der Waals surface area (Å²) in [6.45, 7) is 3.90. The summed E-state index contributed by atoms with van der Waals surface area (Å²) >= 11 is 5.17. The predicted octanol–water partition coefficient (Wildman–Crippen LogP) is 2.31. The predicted molar refractivity (Wildman–Crippen MR) is 30.3 cm³/mol. The highest BCUT2D eigenvalue weighted by Crippen LogP contribution is 1.88. The van der Waals surface area contributed by atoms with E-state index in [0.29, 0.717) is 0 Å². The first-order valence-corrected chi connectivity index (χ1v) is 1.94. The summed E-state index contributed by atoms with van der Waals surface area (Å²) in [4.78, 5) is 0. The topological polar surface area (TPSA) is 35.0 Å². The molecule has 0 aliphatic heterocycles. The SMILES string of the molecule is CC(C)=CCl.N. The Morgan fingerprint density at radius 3 is 1.67 bits per heavy atom. The second-order valence-corrected chi connectivity index (χ2v) is 1.40. The van der Waals surface area contributed by atoms with Crippen molar-refractivity contribution in [3.05, 3.63) is 11.1 Å². The fourth-order valence-electron chi connectivity index (χ4n) is 0. The molecule has 3 N–H and O–H groups in total. The summed E-state index contributed by atoms with van der Waals surface area (Å²) in [5.74, 6) is 0. The van der Waals surface area contributed by atoms with Gasteiger partial charge >= 0.3 is 0 Å². The van der Waals surface area contributed by atoms with Crippen LogP contribution in [0.25, 0.3) is 0 Å². The van der Waals surface area contributed by atoms with Crippen LogP contribution >= 0.6 is 11.6 Å². The molecule has 0 heterocycles.